The van der Waals surface area contributed by atoms with Crippen LogP contribution in [0.2, 0.25) is 5.02 Å². The van der Waals surface area contributed by atoms with Crippen molar-refractivity contribution >= 4 is 17.5 Å². The van der Waals surface area contributed by atoms with Crippen molar-refractivity contribution in [1.82, 2.24) is 15.1 Å². The van der Waals surface area contributed by atoms with Gasteiger partial charge in [0, 0.05) is 10.7 Å². The number of carbonyl (C=O) groups is 1. The van der Waals surface area contributed by atoms with E-state index in [1.54, 1.807) is 35.0 Å². The lowest BCUT2D eigenvalue weighted by molar-refractivity contribution is 0.0938. The van der Waals surface area contributed by atoms with E-state index in [2.05, 4.69) is 16.5 Å². The maximum atomic E-state index is 12.4. The highest BCUT2D eigenvalue weighted by Gasteiger charge is 2.22. The first-order valence-corrected chi connectivity index (χ1v) is 7.63. The maximum absolute atomic E-state index is 12.4. The SMILES string of the molecule is Cc1cc(C(=O)N[C@@H](C#N)c2cccc(Cl)c2)nn1C(C)(C)C. The van der Waals surface area contributed by atoms with Gasteiger partial charge in [-0.2, -0.15) is 10.4 Å². The van der Waals surface area contributed by atoms with E-state index in [0.29, 0.717) is 16.3 Å². The van der Waals surface area contributed by atoms with Crippen molar-refractivity contribution in [2.45, 2.75) is 39.3 Å². The summed E-state index contributed by atoms with van der Waals surface area (Å²) in [5.74, 6) is -0.386. The summed E-state index contributed by atoms with van der Waals surface area (Å²) in [4.78, 5) is 12.4. The molecule has 1 N–H and O–H groups in total. The number of nitrogens with zero attached hydrogens (tertiary/aromatic N) is 3. The molecule has 1 aromatic carbocycles. The van der Waals surface area contributed by atoms with Gasteiger partial charge in [0.25, 0.3) is 5.91 Å². The van der Waals surface area contributed by atoms with Crippen LogP contribution in [0.3, 0.4) is 0 Å². The Morgan fingerprint density at radius 3 is 2.61 bits per heavy atom. The van der Waals surface area contributed by atoms with Gasteiger partial charge in [-0.15, -0.1) is 0 Å². The minimum atomic E-state index is -0.777. The van der Waals surface area contributed by atoms with Gasteiger partial charge < -0.3 is 5.32 Å². The second-order valence-electron chi connectivity index (χ2n) is 6.34. The standard InChI is InChI=1S/C17H19ClN4O/c1-11-8-14(21-22(11)17(2,3)4)16(23)20-15(10-19)12-6-5-7-13(18)9-12/h5-9,15H,1-4H3,(H,20,23)/t15-/m0/s1. The fourth-order valence-corrected chi connectivity index (χ4v) is 2.54. The van der Waals surface area contributed by atoms with E-state index in [9.17, 15) is 10.1 Å². The number of hydrogen-bond acceptors (Lipinski definition) is 3. The predicted octanol–water partition coefficient (Wildman–Crippen LogP) is 3.59. The fraction of sp³-hybridized carbons (Fsp3) is 0.353. The van der Waals surface area contributed by atoms with Gasteiger partial charge in [0.2, 0.25) is 0 Å². The molecule has 120 valence electrons. The summed E-state index contributed by atoms with van der Waals surface area (Å²) < 4.78 is 1.79. The number of nitriles is 1. The lowest BCUT2D eigenvalue weighted by Gasteiger charge is -2.21. The molecular formula is C17H19ClN4O. The van der Waals surface area contributed by atoms with Crippen molar-refractivity contribution in [3.63, 3.8) is 0 Å². The number of rotatable bonds is 3. The van der Waals surface area contributed by atoms with Crippen LogP contribution in [-0.2, 0) is 5.54 Å². The smallest absolute Gasteiger partial charge is 0.273 e. The first-order valence-electron chi connectivity index (χ1n) is 7.25. The highest BCUT2D eigenvalue weighted by molar-refractivity contribution is 6.30. The molecule has 5 nitrogen and oxygen atoms in total. The van der Waals surface area contributed by atoms with Crippen molar-refractivity contribution in [2.75, 3.05) is 0 Å². The third kappa shape index (κ3) is 3.91. The van der Waals surface area contributed by atoms with Crippen molar-refractivity contribution < 1.29 is 4.79 Å². The summed E-state index contributed by atoms with van der Waals surface area (Å²) in [5.41, 5.74) is 1.60. The second-order valence-corrected chi connectivity index (χ2v) is 6.78. The van der Waals surface area contributed by atoms with Crippen LogP contribution in [0.5, 0.6) is 0 Å². The van der Waals surface area contributed by atoms with E-state index >= 15 is 0 Å². The zero-order chi connectivity index (χ0) is 17.2. The van der Waals surface area contributed by atoms with Crippen LogP contribution in [0.15, 0.2) is 30.3 Å². The molecule has 23 heavy (non-hydrogen) atoms. The Bertz CT molecular complexity index is 768. The average Bonchev–Trinajstić information content (AvgIpc) is 2.86. The molecule has 0 fully saturated rings. The van der Waals surface area contributed by atoms with Gasteiger partial charge in [-0.25, -0.2) is 0 Å². The largest absolute Gasteiger partial charge is 0.331 e. The van der Waals surface area contributed by atoms with E-state index in [-0.39, 0.29) is 11.4 Å². The number of nitrogens with one attached hydrogen (secondary N) is 1. The van der Waals surface area contributed by atoms with Crippen molar-refractivity contribution in [1.29, 1.82) is 5.26 Å². The third-order valence-corrected chi connectivity index (χ3v) is 3.58. The summed E-state index contributed by atoms with van der Waals surface area (Å²) >= 11 is 5.94. The van der Waals surface area contributed by atoms with Gasteiger partial charge >= 0.3 is 0 Å². The number of aromatic nitrogens is 2. The van der Waals surface area contributed by atoms with E-state index in [1.807, 2.05) is 27.7 Å². The predicted molar refractivity (Wildman–Crippen MR) is 89.2 cm³/mol. The van der Waals surface area contributed by atoms with Crippen LogP contribution in [-0.4, -0.2) is 15.7 Å². The molecule has 1 heterocycles. The summed E-state index contributed by atoms with van der Waals surface area (Å²) in [6.07, 6.45) is 0. The zero-order valence-corrected chi connectivity index (χ0v) is 14.3. The molecule has 2 rings (SSSR count). The quantitative estimate of drug-likeness (QED) is 0.934. The van der Waals surface area contributed by atoms with Crippen molar-refractivity contribution in [3.05, 3.63) is 52.3 Å². The third-order valence-electron chi connectivity index (χ3n) is 3.34. The van der Waals surface area contributed by atoms with E-state index in [1.165, 1.54) is 0 Å². The molecule has 0 saturated carbocycles. The molecule has 1 atom stereocenters. The Labute approximate surface area is 140 Å². The molecule has 0 aliphatic carbocycles. The normalized spacial score (nSPS) is 12.5. The number of amides is 1. The first-order chi connectivity index (χ1) is 10.7. The monoisotopic (exact) mass is 330 g/mol. The molecule has 2 aromatic rings. The Morgan fingerprint density at radius 2 is 2.09 bits per heavy atom. The molecule has 0 aliphatic rings. The summed E-state index contributed by atoms with van der Waals surface area (Å²) in [6.45, 7) is 7.93. The Hall–Kier alpha value is -2.32. The minimum absolute atomic E-state index is 0.218. The Morgan fingerprint density at radius 1 is 1.39 bits per heavy atom. The number of aryl methyl sites for hydroxylation is 1. The van der Waals surface area contributed by atoms with E-state index in [4.69, 9.17) is 11.6 Å². The number of carbonyl (C=O) groups excluding carboxylic acids is 1. The van der Waals surface area contributed by atoms with E-state index in [0.717, 1.165) is 5.69 Å². The molecule has 1 aromatic heterocycles. The van der Waals surface area contributed by atoms with Crippen LogP contribution >= 0.6 is 11.6 Å². The molecule has 0 bridgehead atoms. The summed E-state index contributed by atoms with van der Waals surface area (Å²) in [7, 11) is 0. The second kappa shape index (κ2) is 6.43. The Balaban J connectivity index is 2.23. The molecule has 0 spiro atoms. The molecule has 0 unspecified atom stereocenters. The van der Waals surface area contributed by atoms with Crippen molar-refractivity contribution in [3.8, 4) is 6.07 Å². The van der Waals surface area contributed by atoms with Crippen LogP contribution in [0.25, 0.3) is 0 Å². The zero-order valence-electron chi connectivity index (χ0n) is 13.6. The lowest BCUT2D eigenvalue weighted by Crippen LogP contribution is -2.29. The Kier molecular flexibility index (Phi) is 4.76. The molecule has 0 saturated heterocycles. The average molecular weight is 331 g/mol. The highest BCUT2D eigenvalue weighted by Crippen LogP contribution is 2.19. The highest BCUT2D eigenvalue weighted by atomic mass is 35.5. The number of benzene rings is 1. The molecule has 0 aliphatic heterocycles. The first kappa shape index (κ1) is 17.0. The minimum Gasteiger partial charge on any atom is -0.331 e. The summed E-state index contributed by atoms with van der Waals surface area (Å²) in [6, 6.07) is 9.88. The lowest BCUT2D eigenvalue weighted by atomic mass is 10.1. The van der Waals surface area contributed by atoms with E-state index < -0.39 is 6.04 Å². The number of halogens is 1. The van der Waals surface area contributed by atoms with Gasteiger partial charge in [-0.3, -0.25) is 9.48 Å². The van der Waals surface area contributed by atoms with Crippen LogP contribution in [0.1, 0.15) is 48.6 Å². The maximum Gasteiger partial charge on any atom is 0.273 e. The number of hydrogen-bond donors (Lipinski definition) is 1. The van der Waals surface area contributed by atoms with Gasteiger partial charge in [0.15, 0.2) is 0 Å². The van der Waals surface area contributed by atoms with Gasteiger partial charge in [-0.05, 0) is 51.5 Å². The molecular weight excluding hydrogens is 312 g/mol. The van der Waals surface area contributed by atoms with Crippen LogP contribution in [0.4, 0.5) is 0 Å². The molecule has 0 radical (unpaired) electrons. The van der Waals surface area contributed by atoms with Crippen LogP contribution < -0.4 is 5.32 Å². The van der Waals surface area contributed by atoms with Gasteiger partial charge in [-0.1, -0.05) is 23.7 Å². The van der Waals surface area contributed by atoms with Crippen molar-refractivity contribution in [2.24, 2.45) is 0 Å². The fourth-order valence-electron chi connectivity index (χ4n) is 2.35. The van der Waals surface area contributed by atoms with Gasteiger partial charge in [0.05, 0.1) is 11.6 Å². The topological polar surface area (TPSA) is 70.7 Å². The molecule has 1 amide bonds. The van der Waals surface area contributed by atoms with Crippen LogP contribution in [0, 0.1) is 18.3 Å². The summed E-state index contributed by atoms with van der Waals surface area (Å²) in [5, 5.41) is 16.9. The molecule has 6 heteroatoms. The van der Waals surface area contributed by atoms with Gasteiger partial charge in [0.1, 0.15) is 11.7 Å².